The largest absolute Gasteiger partial charge is 0.469 e. The molecular formula is C15H23NO3S. The quantitative estimate of drug-likeness (QED) is 0.592. The molecule has 0 unspecified atom stereocenters. The zero-order valence-electron chi connectivity index (χ0n) is 12.5. The molecule has 0 fully saturated rings. The number of hydrogen-bond donors (Lipinski definition) is 1. The molecule has 0 aromatic carbocycles. The van der Waals surface area contributed by atoms with Crippen LogP contribution in [0.3, 0.4) is 0 Å². The van der Waals surface area contributed by atoms with Crippen molar-refractivity contribution in [2.75, 3.05) is 13.7 Å². The molecule has 0 aliphatic heterocycles. The van der Waals surface area contributed by atoms with Crippen LogP contribution in [0.15, 0.2) is 6.07 Å². The van der Waals surface area contributed by atoms with Gasteiger partial charge in [0.15, 0.2) is 0 Å². The summed E-state index contributed by atoms with van der Waals surface area (Å²) in [6, 6.07) is 1.95. The minimum atomic E-state index is -0.171. The molecule has 0 aliphatic carbocycles. The number of hydrogen-bond acceptors (Lipinski definition) is 4. The van der Waals surface area contributed by atoms with E-state index in [1.54, 1.807) is 11.3 Å². The Labute approximate surface area is 124 Å². The summed E-state index contributed by atoms with van der Waals surface area (Å²) in [5.74, 6) is -0.166. The third-order valence-electron chi connectivity index (χ3n) is 3.14. The molecule has 1 heterocycles. The van der Waals surface area contributed by atoms with Gasteiger partial charge >= 0.3 is 5.97 Å². The number of aryl methyl sites for hydroxylation is 2. The summed E-state index contributed by atoms with van der Waals surface area (Å²) in [6.07, 6.45) is 4.03. The molecule has 1 aromatic rings. The fraction of sp³-hybridized carbons (Fsp3) is 0.600. The van der Waals surface area contributed by atoms with E-state index in [0.29, 0.717) is 13.0 Å². The summed E-state index contributed by atoms with van der Waals surface area (Å²) in [4.78, 5) is 24.9. The van der Waals surface area contributed by atoms with Crippen LogP contribution in [0, 0.1) is 6.92 Å². The second-order valence-electron chi connectivity index (χ2n) is 4.71. The van der Waals surface area contributed by atoms with E-state index in [1.165, 1.54) is 17.6 Å². The van der Waals surface area contributed by atoms with Crippen LogP contribution in [0.4, 0.5) is 0 Å². The molecule has 0 radical (unpaired) electrons. The van der Waals surface area contributed by atoms with Gasteiger partial charge in [0.05, 0.1) is 12.0 Å². The van der Waals surface area contributed by atoms with Crippen LogP contribution < -0.4 is 5.32 Å². The second kappa shape index (κ2) is 8.74. The van der Waals surface area contributed by atoms with Crippen molar-refractivity contribution in [1.82, 2.24) is 5.32 Å². The normalized spacial score (nSPS) is 10.3. The Hall–Kier alpha value is -1.36. The average molecular weight is 297 g/mol. The van der Waals surface area contributed by atoms with Crippen molar-refractivity contribution < 1.29 is 14.3 Å². The molecule has 112 valence electrons. The van der Waals surface area contributed by atoms with Gasteiger partial charge < -0.3 is 10.1 Å². The van der Waals surface area contributed by atoms with Gasteiger partial charge in [-0.3, -0.25) is 9.59 Å². The van der Waals surface area contributed by atoms with Gasteiger partial charge in [0.2, 0.25) is 0 Å². The molecular weight excluding hydrogens is 274 g/mol. The van der Waals surface area contributed by atoms with E-state index in [1.807, 2.05) is 13.0 Å². The second-order valence-corrected chi connectivity index (χ2v) is 5.85. The number of carbonyl (C=O) groups excluding carboxylic acids is 2. The Balaban J connectivity index is 2.21. The molecule has 0 spiro atoms. The van der Waals surface area contributed by atoms with E-state index in [4.69, 9.17) is 0 Å². The van der Waals surface area contributed by atoms with Crippen LogP contribution in [-0.2, 0) is 16.0 Å². The first-order valence-electron chi connectivity index (χ1n) is 7.02. The third-order valence-corrected chi connectivity index (χ3v) is 4.52. The van der Waals surface area contributed by atoms with Crippen LogP contribution in [0.2, 0.25) is 0 Å². The summed E-state index contributed by atoms with van der Waals surface area (Å²) < 4.78 is 4.57. The van der Waals surface area contributed by atoms with E-state index in [0.717, 1.165) is 30.6 Å². The topological polar surface area (TPSA) is 55.4 Å². The lowest BCUT2D eigenvalue weighted by Crippen LogP contribution is -2.23. The molecule has 0 aliphatic rings. The van der Waals surface area contributed by atoms with E-state index < -0.39 is 0 Å². The molecule has 0 saturated carbocycles. The zero-order valence-corrected chi connectivity index (χ0v) is 13.3. The lowest BCUT2D eigenvalue weighted by Gasteiger charge is -2.03. The van der Waals surface area contributed by atoms with Crippen molar-refractivity contribution in [1.29, 1.82) is 0 Å². The predicted molar refractivity (Wildman–Crippen MR) is 81.3 cm³/mol. The first kappa shape index (κ1) is 16.7. The van der Waals surface area contributed by atoms with Crippen molar-refractivity contribution in [3.63, 3.8) is 0 Å². The van der Waals surface area contributed by atoms with Gasteiger partial charge in [-0.15, -0.1) is 11.3 Å². The molecule has 1 amide bonds. The smallest absolute Gasteiger partial charge is 0.305 e. The van der Waals surface area contributed by atoms with Crippen LogP contribution in [0.5, 0.6) is 0 Å². The molecule has 20 heavy (non-hydrogen) atoms. The monoisotopic (exact) mass is 297 g/mol. The van der Waals surface area contributed by atoms with Crippen molar-refractivity contribution in [3.05, 3.63) is 21.4 Å². The molecule has 1 aromatic heterocycles. The van der Waals surface area contributed by atoms with Gasteiger partial charge in [-0.25, -0.2) is 0 Å². The Bertz CT molecular complexity index is 454. The summed E-state index contributed by atoms with van der Waals surface area (Å²) in [7, 11) is 1.40. The van der Waals surface area contributed by atoms with Crippen molar-refractivity contribution >= 4 is 23.2 Å². The Morgan fingerprint density at radius 3 is 2.65 bits per heavy atom. The van der Waals surface area contributed by atoms with Crippen molar-refractivity contribution in [3.8, 4) is 0 Å². The fourth-order valence-electron chi connectivity index (χ4n) is 1.94. The number of methoxy groups -OCH3 is 1. The fourth-order valence-corrected chi connectivity index (χ4v) is 2.98. The highest BCUT2D eigenvalue weighted by Gasteiger charge is 2.10. The lowest BCUT2D eigenvalue weighted by atomic mass is 10.2. The van der Waals surface area contributed by atoms with E-state index >= 15 is 0 Å². The van der Waals surface area contributed by atoms with Gasteiger partial charge in [-0.2, -0.15) is 0 Å². The standard InChI is InChI=1S/C15H23NO3S/c1-4-12-11(2)10-13(20-12)15(18)16-9-7-5-6-8-14(17)19-3/h10H,4-9H2,1-3H3,(H,16,18). The summed E-state index contributed by atoms with van der Waals surface area (Å²) in [5.41, 5.74) is 1.20. The Morgan fingerprint density at radius 1 is 1.30 bits per heavy atom. The highest BCUT2D eigenvalue weighted by molar-refractivity contribution is 7.14. The summed E-state index contributed by atoms with van der Waals surface area (Å²) >= 11 is 1.57. The number of ether oxygens (including phenoxy) is 1. The molecule has 0 saturated heterocycles. The maximum absolute atomic E-state index is 11.9. The Morgan fingerprint density at radius 2 is 2.05 bits per heavy atom. The van der Waals surface area contributed by atoms with Crippen LogP contribution in [0.1, 0.15) is 52.7 Å². The minimum absolute atomic E-state index is 0.00534. The van der Waals surface area contributed by atoms with Gasteiger partial charge in [-0.1, -0.05) is 13.3 Å². The number of carbonyl (C=O) groups is 2. The number of rotatable bonds is 8. The van der Waals surface area contributed by atoms with E-state index in [2.05, 4.69) is 17.0 Å². The van der Waals surface area contributed by atoms with E-state index in [9.17, 15) is 9.59 Å². The first-order valence-corrected chi connectivity index (χ1v) is 7.84. The number of thiophene rings is 1. The van der Waals surface area contributed by atoms with Gasteiger partial charge in [-0.05, 0) is 37.8 Å². The maximum atomic E-state index is 11.9. The average Bonchev–Trinajstić information content (AvgIpc) is 2.83. The molecule has 1 N–H and O–H groups in total. The minimum Gasteiger partial charge on any atom is -0.469 e. The Kier molecular flexibility index (Phi) is 7.30. The summed E-state index contributed by atoms with van der Waals surface area (Å²) in [5, 5.41) is 2.92. The number of unbranched alkanes of at least 4 members (excludes halogenated alkanes) is 2. The van der Waals surface area contributed by atoms with Gasteiger partial charge in [0, 0.05) is 17.8 Å². The highest BCUT2D eigenvalue weighted by Crippen LogP contribution is 2.22. The van der Waals surface area contributed by atoms with Crippen molar-refractivity contribution in [2.24, 2.45) is 0 Å². The predicted octanol–water partition coefficient (Wildman–Crippen LogP) is 3.08. The SMILES string of the molecule is CCc1sc(C(=O)NCCCCCC(=O)OC)cc1C. The van der Waals surface area contributed by atoms with Gasteiger partial charge in [0.25, 0.3) is 5.91 Å². The van der Waals surface area contributed by atoms with Crippen LogP contribution in [0.25, 0.3) is 0 Å². The molecule has 5 heteroatoms. The van der Waals surface area contributed by atoms with Gasteiger partial charge in [0.1, 0.15) is 0 Å². The molecule has 1 rings (SSSR count). The highest BCUT2D eigenvalue weighted by atomic mass is 32.1. The number of nitrogens with one attached hydrogen (secondary N) is 1. The van der Waals surface area contributed by atoms with Crippen molar-refractivity contribution in [2.45, 2.75) is 46.0 Å². The van der Waals surface area contributed by atoms with Crippen LogP contribution in [-0.4, -0.2) is 25.5 Å². The molecule has 4 nitrogen and oxygen atoms in total. The van der Waals surface area contributed by atoms with E-state index in [-0.39, 0.29) is 11.9 Å². The van der Waals surface area contributed by atoms with Crippen LogP contribution >= 0.6 is 11.3 Å². The number of amides is 1. The first-order chi connectivity index (χ1) is 9.58. The molecule has 0 bridgehead atoms. The molecule has 0 atom stereocenters. The third kappa shape index (κ3) is 5.33. The zero-order chi connectivity index (χ0) is 15.0. The summed E-state index contributed by atoms with van der Waals surface area (Å²) in [6.45, 7) is 4.79. The number of esters is 1. The maximum Gasteiger partial charge on any atom is 0.305 e. The lowest BCUT2D eigenvalue weighted by molar-refractivity contribution is -0.140.